The zero-order chi connectivity index (χ0) is 15.8. The minimum Gasteiger partial charge on any atom is -0.397 e. The van der Waals surface area contributed by atoms with Crippen molar-refractivity contribution in [1.29, 1.82) is 0 Å². The molecule has 2 N–H and O–H groups in total. The first-order valence-corrected chi connectivity index (χ1v) is 6.63. The van der Waals surface area contributed by atoms with Crippen molar-refractivity contribution >= 4 is 17.3 Å². The first-order valence-electron chi connectivity index (χ1n) is 6.63. The summed E-state index contributed by atoms with van der Waals surface area (Å²) in [7, 11) is 3.21. The number of carbonyl (C=O) groups excluding carboxylic acids is 1. The number of nitrogen functional groups attached to an aromatic ring is 1. The first kappa shape index (κ1) is 15.5. The van der Waals surface area contributed by atoms with Crippen molar-refractivity contribution in [3.05, 3.63) is 23.8 Å². The van der Waals surface area contributed by atoms with E-state index in [0.717, 1.165) is 12.8 Å². The number of halogens is 3. The lowest BCUT2D eigenvalue weighted by Crippen LogP contribution is -2.36. The van der Waals surface area contributed by atoms with Gasteiger partial charge in [0.25, 0.3) is 5.91 Å². The van der Waals surface area contributed by atoms with E-state index in [1.165, 1.54) is 28.0 Å². The SMILES string of the molecule is CN(C)C(=O)c1ccc(N(CC(F)(F)F)C2CC2)c(N)c1. The van der Waals surface area contributed by atoms with E-state index in [1.54, 1.807) is 14.1 Å². The Hall–Kier alpha value is -1.92. The molecule has 0 radical (unpaired) electrons. The van der Waals surface area contributed by atoms with Gasteiger partial charge < -0.3 is 15.5 Å². The van der Waals surface area contributed by atoms with Crippen LogP contribution >= 0.6 is 0 Å². The fourth-order valence-corrected chi connectivity index (χ4v) is 2.20. The van der Waals surface area contributed by atoms with Crippen LogP contribution in [0.2, 0.25) is 0 Å². The van der Waals surface area contributed by atoms with E-state index in [2.05, 4.69) is 0 Å². The standard InChI is InChI=1S/C14H18F3N3O/c1-19(2)13(21)9-3-6-12(11(18)7-9)20(10-4-5-10)8-14(15,16)17/h3,6-7,10H,4-5,8,18H2,1-2H3. The molecule has 1 aromatic carbocycles. The predicted octanol–water partition coefficient (Wildman–Crippen LogP) is 2.50. The van der Waals surface area contributed by atoms with Crippen LogP contribution < -0.4 is 10.6 Å². The number of amides is 1. The lowest BCUT2D eigenvalue weighted by molar-refractivity contribution is -0.119. The monoisotopic (exact) mass is 301 g/mol. The summed E-state index contributed by atoms with van der Waals surface area (Å²) in [6.45, 7) is -1.02. The van der Waals surface area contributed by atoms with E-state index in [0.29, 0.717) is 11.3 Å². The van der Waals surface area contributed by atoms with E-state index in [9.17, 15) is 18.0 Å². The minimum absolute atomic E-state index is 0.121. The molecule has 0 saturated heterocycles. The van der Waals surface area contributed by atoms with Crippen LogP contribution in [0.5, 0.6) is 0 Å². The van der Waals surface area contributed by atoms with Gasteiger partial charge in [0.15, 0.2) is 0 Å². The maximum atomic E-state index is 12.7. The van der Waals surface area contributed by atoms with Gasteiger partial charge in [0.1, 0.15) is 6.54 Å². The van der Waals surface area contributed by atoms with Crippen molar-refractivity contribution in [2.75, 3.05) is 31.3 Å². The van der Waals surface area contributed by atoms with Gasteiger partial charge in [0.05, 0.1) is 11.4 Å². The quantitative estimate of drug-likeness (QED) is 0.869. The maximum absolute atomic E-state index is 12.7. The maximum Gasteiger partial charge on any atom is 0.405 e. The Bertz CT molecular complexity index is 539. The van der Waals surface area contributed by atoms with Crippen LogP contribution in [-0.2, 0) is 0 Å². The number of alkyl halides is 3. The minimum atomic E-state index is -4.28. The molecule has 0 bridgehead atoms. The van der Waals surface area contributed by atoms with Gasteiger partial charge in [-0.3, -0.25) is 4.79 Å². The van der Waals surface area contributed by atoms with Crippen molar-refractivity contribution in [3.63, 3.8) is 0 Å². The number of benzene rings is 1. The fourth-order valence-electron chi connectivity index (χ4n) is 2.20. The third kappa shape index (κ3) is 3.80. The molecule has 0 atom stereocenters. The highest BCUT2D eigenvalue weighted by Gasteiger charge is 2.38. The number of hydrogen-bond donors (Lipinski definition) is 1. The number of carbonyl (C=O) groups is 1. The Balaban J connectivity index is 2.28. The van der Waals surface area contributed by atoms with Crippen molar-refractivity contribution < 1.29 is 18.0 Å². The Morgan fingerprint density at radius 3 is 2.38 bits per heavy atom. The first-order chi connectivity index (χ1) is 9.69. The van der Waals surface area contributed by atoms with E-state index in [-0.39, 0.29) is 17.6 Å². The Kier molecular flexibility index (Phi) is 4.02. The van der Waals surface area contributed by atoms with Gasteiger partial charge in [-0.15, -0.1) is 0 Å². The molecule has 0 spiro atoms. The summed E-state index contributed by atoms with van der Waals surface area (Å²) in [5, 5.41) is 0. The number of nitrogens with zero attached hydrogens (tertiary/aromatic N) is 2. The van der Waals surface area contributed by atoms with Crippen LogP contribution in [-0.4, -0.2) is 43.7 Å². The zero-order valence-electron chi connectivity index (χ0n) is 11.9. The molecule has 21 heavy (non-hydrogen) atoms. The highest BCUT2D eigenvalue weighted by Crippen LogP contribution is 2.37. The molecule has 116 valence electrons. The van der Waals surface area contributed by atoms with Crippen LogP contribution in [0.25, 0.3) is 0 Å². The predicted molar refractivity (Wildman–Crippen MR) is 75.3 cm³/mol. The third-order valence-corrected chi connectivity index (χ3v) is 3.33. The van der Waals surface area contributed by atoms with Crippen LogP contribution in [0.15, 0.2) is 18.2 Å². The molecule has 1 aromatic rings. The van der Waals surface area contributed by atoms with E-state index >= 15 is 0 Å². The van der Waals surface area contributed by atoms with Gasteiger partial charge in [-0.2, -0.15) is 13.2 Å². The topological polar surface area (TPSA) is 49.6 Å². The second-order valence-corrected chi connectivity index (χ2v) is 5.45. The van der Waals surface area contributed by atoms with Crippen LogP contribution in [0, 0.1) is 0 Å². The van der Waals surface area contributed by atoms with E-state index < -0.39 is 12.7 Å². The summed E-state index contributed by atoms with van der Waals surface area (Å²) in [6.07, 6.45) is -2.82. The highest BCUT2D eigenvalue weighted by molar-refractivity contribution is 5.96. The van der Waals surface area contributed by atoms with Crippen LogP contribution in [0.4, 0.5) is 24.5 Å². The lowest BCUT2D eigenvalue weighted by Gasteiger charge is -2.27. The van der Waals surface area contributed by atoms with E-state index in [4.69, 9.17) is 5.73 Å². The summed E-state index contributed by atoms with van der Waals surface area (Å²) >= 11 is 0. The zero-order valence-corrected chi connectivity index (χ0v) is 11.9. The van der Waals surface area contributed by atoms with Gasteiger partial charge in [-0.25, -0.2) is 0 Å². The number of rotatable bonds is 4. The molecule has 0 aliphatic heterocycles. The highest BCUT2D eigenvalue weighted by atomic mass is 19.4. The third-order valence-electron chi connectivity index (χ3n) is 3.33. The fraction of sp³-hybridized carbons (Fsp3) is 0.500. The molecular weight excluding hydrogens is 283 g/mol. The lowest BCUT2D eigenvalue weighted by atomic mass is 10.1. The molecule has 1 aliphatic rings. The van der Waals surface area contributed by atoms with Crippen molar-refractivity contribution in [2.24, 2.45) is 0 Å². The molecule has 1 fully saturated rings. The Morgan fingerprint density at radius 2 is 1.95 bits per heavy atom. The molecule has 2 rings (SSSR count). The van der Waals surface area contributed by atoms with Crippen molar-refractivity contribution in [3.8, 4) is 0 Å². The van der Waals surface area contributed by atoms with Gasteiger partial charge in [-0.1, -0.05) is 0 Å². The second-order valence-electron chi connectivity index (χ2n) is 5.45. The average Bonchev–Trinajstić information content (AvgIpc) is 3.18. The summed E-state index contributed by atoms with van der Waals surface area (Å²) in [5.74, 6) is -0.234. The number of nitrogens with two attached hydrogens (primary N) is 1. The molecule has 1 aliphatic carbocycles. The normalized spacial score (nSPS) is 14.9. The van der Waals surface area contributed by atoms with Crippen LogP contribution in [0.3, 0.4) is 0 Å². The van der Waals surface area contributed by atoms with Crippen LogP contribution in [0.1, 0.15) is 23.2 Å². The largest absolute Gasteiger partial charge is 0.405 e. The van der Waals surface area contributed by atoms with Crippen molar-refractivity contribution in [1.82, 2.24) is 4.90 Å². The molecule has 1 saturated carbocycles. The summed E-state index contributed by atoms with van der Waals surface area (Å²) in [4.78, 5) is 14.5. The smallest absolute Gasteiger partial charge is 0.397 e. The molecule has 7 heteroatoms. The molecule has 1 amide bonds. The van der Waals surface area contributed by atoms with E-state index in [1.807, 2.05) is 0 Å². The van der Waals surface area contributed by atoms with Gasteiger partial charge in [0, 0.05) is 25.7 Å². The molecule has 4 nitrogen and oxygen atoms in total. The Morgan fingerprint density at radius 1 is 1.33 bits per heavy atom. The van der Waals surface area contributed by atoms with Gasteiger partial charge in [0.2, 0.25) is 0 Å². The number of hydrogen-bond acceptors (Lipinski definition) is 3. The molecule has 0 heterocycles. The second kappa shape index (κ2) is 5.46. The Labute approximate surface area is 121 Å². The molecule has 0 aromatic heterocycles. The summed E-state index contributed by atoms with van der Waals surface area (Å²) in [5.41, 5.74) is 6.76. The molecular formula is C14H18F3N3O. The summed E-state index contributed by atoms with van der Waals surface area (Å²) in [6, 6.07) is 4.32. The van der Waals surface area contributed by atoms with Gasteiger partial charge >= 0.3 is 6.18 Å². The average molecular weight is 301 g/mol. The van der Waals surface area contributed by atoms with Crippen molar-refractivity contribution in [2.45, 2.75) is 25.1 Å². The number of anilines is 2. The molecule has 0 unspecified atom stereocenters. The van der Waals surface area contributed by atoms with Gasteiger partial charge in [-0.05, 0) is 31.0 Å². The summed E-state index contributed by atoms with van der Waals surface area (Å²) < 4.78 is 38.0.